The van der Waals surface area contributed by atoms with E-state index >= 15 is 0 Å². The van der Waals surface area contributed by atoms with Gasteiger partial charge < -0.3 is 5.32 Å². The van der Waals surface area contributed by atoms with Gasteiger partial charge in [0, 0.05) is 12.8 Å². The topological polar surface area (TPSA) is 29.1 Å². The van der Waals surface area contributed by atoms with Gasteiger partial charge in [-0.2, -0.15) is 26.3 Å². The van der Waals surface area contributed by atoms with Crippen LogP contribution in [-0.4, -0.2) is 5.91 Å². The summed E-state index contributed by atoms with van der Waals surface area (Å²) in [6.45, 7) is 3.75. The van der Waals surface area contributed by atoms with E-state index in [0.717, 1.165) is 24.3 Å². The molecule has 36 heavy (non-hydrogen) atoms. The maximum absolute atomic E-state index is 13.7. The molecular formula is C28H27F6NO. The average Bonchev–Trinajstić information content (AvgIpc) is 2.83. The lowest BCUT2D eigenvalue weighted by molar-refractivity contribution is -0.138. The summed E-state index contributed by atoms with van der Waals surface area (Å²) in [5.74, 6) is -0.488. The molecule has 3 rings (SSSR count). The van der Waals surface area contributed by atoms with Crippen molar-refractivity contribution in [3.63, 3.8) is 0 Å². The average molecular weight is 508 g/mol. The summed E-state index contributed by atoms with van der Waals surface area (Å²) in [7, 11) is 0. The fraction of sp³-hybridized carbons (Fsp3) is 0.321. The van der Waals surface area contributed by atoms with Gasteiger partial charge in [0.15, 0.2) is 0 Å². The van der Waals surface area contributed by atoms with Crippen LogP contribution in [0.3, 0.4) is 0 Å². The van der Waals surface area contributed by atoms with Crippen LogP contribution in [0.4, 0.5) is 26.3 Å². The van der Waals surface area contributed by atoms with Crippen LogP contribution in [0.5, 0.6) is 0 Å². The van der Waals surface area contributed by atoms with E-state index in [0.29, 0.717) is 12.0 Å². The van der Waals surface area contributed by atoms with Crippen molar-refractivity contribution in [1.82, 2.24) is 5.32 Å². The van der Waals surface area contributed by atoms with Crippen LogP contribution in [0.15, 0.2) is 78.9 Å². The Kier molecular flexibility index (Phi) is 8.16. The van der Waals surface area contributed by atoms with Crippen molar-refractivity contribution < 1.29 is 31.1 Å². The predicted molar refractivity (Wildman–Crippen MR) is 126 cm³/mol. The molecule has 1 amide bonds. The zero-order valence-electron chi connectivity index (χ0n) is 19.9. The van der Waals surface area contributed by atoms with Crippen molar-refractivity contribution in [3.05, 3.63) is 107 Å². The van der Waals surface area contributed by atoms with Crippen molar-refractivity contribution in [2.75, 3.05) is 0 Å². The maximum Gasteiger partial charge on any atom is 0.416 e. The van der Waals surface area contributed by atoms with Gasteiger partial charge in [0.2, 0.25) is 5.91 Å². The van der Waals surface area contributed by atoms with Gasteiger partial charge in [-0.15, -0.1) is 0 Å². The van der Waals surface area contributed by atoms with Crippen LogP contribution in [0.25, 0.3) is 0 Å². The number of hydrogen-bond donors (Lipinski definition) is 1. The number of amides is 1. The van der Waals surface area contributed by atoms with E-state index < -0.39 is 34.9 Å². The number of carbonyl (C=O) groups is 1. The van der Waals surface area contributed by atoms with Crippen LogP contribution in [0, 0.1) is 5.92 Å². The standard InChI is InChI=1S/C28H27F6NO/c1-3-19(2)15-25(36)35-26(18-20-9-5-4-6-10-20,21-11-7-13-23(16-21)27(29,30)31)22-12-8-14-24(17-22)28(32,33)34/h4-14,16-17,19H,3,15,18H2,1-2H3,(H,35,36). The highest BCUT2D eigenvalue weighted by atomic mass is 19.4. The minimum atomic E-state index is -4.68. The Bertz CT molecular complexity index is 1110. The molecule has 0 fully saturated rings. The molecule has 2 nitrogen and oxygen atoms in total. The molecule has 0 saturated carbocycles. The SMILES string of the molecule is CCC(C)CC(=O)NC(Cc1ccccc1)(c1cccc(C(F)(F)F)c1)c1cccc(C(F)(F)F)c1. The lowest BCUT2D eigenvalue weighted by Gasteiger charge is -2.37. The first-order chi connectivity index (χ1) is 16.8. The Balaban J connectivity index is 2.30. The van der Waals surface area contributed by atoms with Crippen molar-refractivity contribution in [3.8, 4) is 0 Å². The number of alkyl halides is 6. The minimum absolute atomic E-state index is 0.0255. The van der Waals surface area contributed by atoms with Gasteiger partial charge in [-0.05, 0) is 46.9 Å². The molecule has 3 aromatic carbocycles. The first-order valence-electron chi connectivity index (χ1n) is 11.6. The van der Waals surface area contributed by atoms with Gasteiger partial charge in [-0.25, -0.2) is 0 Å². The van der Waals surface area contributed by atoms with Gasteiger partial charge in [0.25, 0.3) is 0 Å². The molecule has 0 saturated heterocycles. The highest BCUT2D eigenvalue weighted by Gasteiger charge is 2.40. The Hall–Kier alpha value is -3.29. The van der Waals surface area contributed by atoms with Gasteiger partial charge in [0.1, 0.15) is 0 Å². The fourth-order valence-corrected chi connectivity index (χ4v) is 4.13. The normalized spacial score (nSPS) is 13.3. The molecule has 3 aromatic rings. The summed E-state index contributed by atoms with van der Waals surface area (Å²) in [6, 6.07) is 17.4. The zero-order valence-corrected chi connectivity index (χ0v) is 19.9. The molecule has 0 spiro atoms. The highest BCUT2D eigenvalue weighted by Crippen LogP contribution is 2.40. The Labute approximate surface area is 206 Å². The molecule has 0 radical (unpaired) electrons. The molecule has 0 aromatic heterocycles. The molecule has 1 atom stereocenters. The predicted octanol–water partition coefficient (Wildman–Crippen LogP) is 7.76. The lowest BCUT2D eigenvalue weighted by Crippen LogP contribution is -2.49. The van der Waals surface area contributed by atoms with Crippen LogP contribution in [0.2, 0.25) is 0 Å². The molecule has 0 aliphatic carbocycles. The van der Waals surface area contributed by atoms with E-state index in [-0.39, 0.29) is 29.9 Å². The number of benzene rings is 3. The monoisotopic (exact) mass is 507 g/mol. The molecule has 1 N–H and O–H groups in total. The first kappa shape index (κ1) is 27.3. The van der Waals surface area contributed by atoms with E-state index in [1.807, 2.05) is 13.8 Å². The van der Waals surface area contributed by atoms with Crippen LogP contribution >= 0.6 is 0 Å². The highest BCUT2D eigenvalue weighted by molar-refractivity contribution is 5.78. The van der Waals surface area contributed by atoms with Crippen molar-refractivity contribution in [1.29, 1.82) is 0 Å². The van der Waals surface area contributed by atoms with Crippen molar-refractivity contribution >= 4 is 5.91 Å². The van der Waals surface area contributed by atoms with Crippen LogP contribution < -0.4 is 5.32 Å². The molecule has 0 aliphatic heterocycles. The molecule has 192 valence electrons. The number of nitrogens with one attached hydrogen (secondary N) is 1. The summed E-state index contributed by atoms with van der Waals surface area (Å²) in [5, 5.41) is 2.86. The van der Waals surface area contributed by atoms with E-state index in [1.165, 1.54) is 24.3 Å². The first-order valence-corrected chi connectivity index (χ1v) is 11.6. The lowest BCUT2D eigenvalue weighted by atomic mass is 9.76. The van der Waals surface area contributed by atoms with Gasteiger partial charge in [-0.3, -0.25) is 4.79 Å². The third kappa shape index (κ3) is 6.47. The molecule has 0 bridgehead atoms. The van der Waals surface area contributed by atoms with Crippen molar-refractivity contribution in [2.24, 2.45) is 5.92 Å². The second kappa shape index (κ2) is 10.8. The van der Waals surface area contributed by atoms with Gasteiger partial charge >= 0.3 is 12.4 Å². The van der Waals surface area contributed by atoms with E-state index in [4.69, 9.17) is 0 Å². The molecule has 0 heterocycles. The summed E-state index contributed by atoms with van der Waals surface area (Å²) in [5.41, 5.74) is -2.89. The van der Waals surface area contributed by atoms with Crippen LogP contribution in [0.1, 0.15) is 54.5 Å². The number of carbonyl (C=O) groups excluding carboxylic acids is 1. The third-order valence-corrected chi connectivity index (χ3v) is 6.26. The van der Waals surface area contributed by atoms with Gasteiger partial charge in [-0.1, -0.05) is 74.9 Å². The molecular weight excluding hydrogens is 480 g/mol. The van der Waals surface area contributed by atoms with Crippen LogP contribution in [-0.2, 0) is 29.1 Å². The Morgan fingerprint density at radius 3 is 1.67 bits per heavy atom. The van der Waals surface area contributed by atoms with E-state index in [1.54, 1.807) is 30.3 Å². The van der Waals surface area contributed by atoms with E-state index in [9.17, 15) is 31.1 Å². The molecule has 8 heteroatoms. The second-order valence-corrected chi connectivity index (χ2v) is 8.99. The Morgan fingerprint density at radius 2 is 1.22 bits per heavy atom. The Morgan fingerprint density at radius 1 is 0.750 bits per heavy atom. The summed E-state index contributed by atoms with van der Waals surface area (Å²) < 4.78 is 81.9. The summed E-state index contributed by atoms with van der Waals surface area (Å²) >= 11 is 0. The smallest absolute Gasteiger partial charge is 0.342 e. The van der Waals surface area contributed by atoms with E-state index in [2.05, 4.69) is 5.32 Å². The zero-order chi connectivity index (χ0) is 26.6. The molecule has 1 unspecified atom stereocenters. The maximum atomic E-state index is 13.7. The second-order valence-electron chi connectivity index (χ2n) is 8.99. The quantitative estimate of drug-likeness (QED) is 0.310. The summed E-state index contributed by atoms with van der Waals surface area (Å²) in [6.07, 6.45) is -8.65. The number of rotatable bonds is 8. The third-order valence-electron chi connectivity index (χ3n) is 6.26. The molecule has 0 aliphatic rings. The largest absolute Gasteiger partial charge is 0.416 e. The summed E-state index contributed by atoms with van der Waals surface area (Å²) in [4.78, 5) is 13.2. The fourth-order valence-electron chi connectivity index (χ4n) is 4.13. The number of halogens is 6. The number of hydrogen-bond acceptors (Lipinski definition) is 1. The minimum Gasteiger partial charge on any atom is -0.342 e. The van der Waals surface area contributed by atoms with Gasteiger partial charge in [0.05, 0.1) is 16.7 Å². The van der Waals surface area contributed by atoms with Crippen molar-refractivity contribution in [2.45, 2.75) is 51.0 Å².